The number of nitrogens with zero attached hydrogens (tertiary/aromatic N) is 1. The lowest BCUT2D eigenvalue weighted by atomic mass is 10.1. The molecule has 29 heavy (non-hydrogen) atoms. The Morgan fingerprint density at radius 1 is 0.966 bits per heavy atom. The molecule has 2 aromatic rings. The fourth-order valence-corrected chi connectivity index (χ4v) is 2.65. The van der Waals surface area contributed by atoms with E-state index in [1.54, 1.807) is 6.92 Å². The second-order valence-electron chi connectivity index (χ2n) is 6.77. The molecule has 3 N–H and O–H groups in total. The molecule has 0 radical (unpaired) electrons. The highest BCUT2D eigenvalue weighted by molar-refractivity contribution is 5.97. The van der Waals surface area contributed by atoms with Gasteiger partial charge in [0.2, 0.25) is 5.91 Å². The van der Waals surface area contributed by atoms with Crippen LogP contribution in [0.1, 0.15) is 27.0 Å². The molecule has 2 amide bonds. The highest BCUT2D eigenvalue weighted by atomic mass is 16.5. The number of benzene rings is 2. The maximum absolute atomic E-state index is 12.2. The van der Waals surface area contributed by atoms with Gasteiger partial charge in [-0.3, -0.25) is 9.59 Å². The van der Waals surface area contributed by atoms with Crippen LogP contribution in [0.2, 0.25) is 0 Å². The summed E-state index contributed by atoms with van der Waals surface area (Å²) >= 11 is 0. The van der Waals surface area contributed by atoms with Crippen molar-refractivity contribution in [1.29, 1.82) is 0 Å². The van der Waals surface area contributed by atoms with Crippen LogP contribution < -0.4 is 5.32 Å². The number of aryl methyl sites for hydroxylation is 3. The van der Waals surface area contributed by atoms with Crippen LogP contribution in [-0.4, -0.2) is 53.1 Å². The first kappa shape index (κ1) is 21.7. The summed E-state index contributed by atoms with van der Waals surface area (Å²) in [7, 11) is 1.41. The lowest BCUT2D eigenvalue weighted by Gasteiger charge is -2.18. The molecular formula is C21H24N2O6. The van der Waals surface area contributed by atoms with Gasteiger partial charge < -0.3 is 25.2 Å². The monoisotopic (exact) mass is 400 g/mol. The zero-order valence-electron chi connectivity index (χ0n) is 16.8. The van der Waals surface area contributed by atoms with Crippen LogP contribution in [0, 0.1) is 20.8 Å². The molecule has 0 aromatic heterocycles. The van der Waals surface area contributed by atoms with Crippen molar-refractivity contribution in [2.45, 2.75) is 20.8 Å². The number of phenols is 2. The van der Waals surface area contributed by atoms with E-state index in [9.17, 15) is 24.6 Å². The molecule has 0 spiro atoms. The first-order valence-corrected chi connectivity index (χ1v) is 8.90. The van der Waals surface area contributed by atoms with E-state index in [0.29, 0.717) is 11.3 Å². The number of esters is 1. The minimum atomic E-state index is -0.959. The van der Waals surface area contributed by atoms with E-state index in [2.05, 4.69) is 5.32 Å². The van der Waals surface area contributed by atoms with E-state index in [-0.39, 0.29) is 18.0 Å². The standard InChI is InChI=1S/C21H24N2O6/c1-12-6-5-7-13(2)18(12)22-16(24)10-23(4)17(25)11-29-21(28)15-9-8-14(3)19(26)20(15)27/h5-9,26-27H,10-11H2,1-4H3,(H,22,24). The number of aromatic hydroxyl groups is 2. The second-order valence-corrected chi connectivity index (χ2v) is 6.77. The van der Waals surface area contributed by atoms with Crippen LogP contribution in [0.15, 0.2) is 30.3 Å². The maximum atomic E-state index is 12.2. The highest BCUT2D eigenvalue weighted by Gasteiger charge is 2.20. The van der Waals surface area contributed by atoms with Gasteiger partial charge in [0.15, 0.2) is 18.1 Å². The van der Waals surface area contributed by atoms with E-state index in [0.717, 1.165) is 16.0 Å². The first-order chi connectivity index (χ1) is 13.6. The van der Waals surface area contributed by atoms with E-state index in [4.69, 9.17) is 4.74 Å². The number of para-hydroxylation sites is 1. The second kappa shape index (κ2) is 9.09. The molecule has 0 saturated heterocycles. The fourth-order valence-electron chi connectivity index (χ4n) is 2.65. The Morgan fingerprint density at radius 3 is 2.21 bits per heavy atom. The molecule has 8 nitrogen and oxygen atoms in total. The van der Waals surface area contributed by atoms with Gasteiger partial charge in [0, 0.05) is 12.7 Å². The van der Waals surface area contributed by atoms with Crippen LogP contribution in [0.3, 0.4) is 0 Å². The molecule has 2 rings (SSSR count). The van der Waals surface area contributed by atoms with E-state index in [1.165, 1.54) is 19.2 Å². The van der Waals surface area contributed by atoms with Crippen molar-refractivity contribution in [2.75, 3.05) is 25.5 Å². The van der Waals surface area contributed by atoms with E-state index < -0.39 is 30.0 Å². The third kappa shape index (κ3) is 5.25. The number of nitrogens with one attached hydrogen (secondary N) is 1. The summed E-state index contributed by atoms with van der Waals surface area (Å²) < 4.78 is 4.89. The number of hydrogen-bond acceptors (Lipinski definition) is 6. The summed E-state index contributed by atoms with van der Waals surface area (Å²) in [5, 5.41) is 22.3. The Bertz CT molecular complexity index is 934. The van der Waals surface area contributed by atoms with Crippen LogP contribution in [0.5, 0.6) is 11.5 Å². The molecule has 0 aliphatic rings. The van der Waals surface area contributed by atoms with Gasteiger partial charge in [0.05, 0.1) is 6.54 Å². The minimum Gasteiger partial charge on any atom is -0.504 e. The van der Waals surface area contributed by atoms with Crippen molar-refractivity contribution >= 4 is 23.5 Å². The SMILES string of the molecule is Cc1ccc(C(=O)OCC(=O)N(C)CC(=O)Nc2c(C)cccc2C)c(O)c1O. The number of ether oxygens (including phenoxy) is 1. The smallest absolute Gasteiger partial charge is 0.342 e. The topological polar surface area (TPSA) is 116 Å². The molecule has 0 fully saturated rings. The number of anilines is 1. The molecule has 0 unspecified atom stereocenters. The molecule has 0 aliphatic carbocycles. The average Bonchev–Trinajstić information content (AvgIpc) is 2.67. The predicted molar refractivity (Wildman–Crippen MR) is 107 cm³/mol. The fraction of sp³-hybridized carbons (Fsp3) is 0.286. The molecule has 0 atom stereocenters. The normalized spacial score (nSPS) is 10.3. The average molecular weight is 400 g/mol. The van der Waals surface area contributed by atoms with Crippen molar-refractivity contribution in [3.63, 3.8) is 0 Å². The number of carbonyl (C=O) groups is 3. The Hall–Kier alpha value is -3.55. The van der Waals surface area contributed by atoms with Gasteiger partial charge in [-0.15, -0.1) is 0 Å². The molecule has 0 saturated carbocycles. The van der Waals surface area contributed by atoms with Crippen molar-refractivity contribution in [3.8, 4) is 11.5 Å². The Balaban J connectivity index is 1.91. The van der Waals surface area contributed by atoms with Crippen LogP contribution in [0.4, 0.5) is 5.69 Å². The molecule has 8 heteroatoms. The molecule has 2 aromatic carbocycles. The van der Waals surface area contributed by atoms with Crippen molar-refractivity contribution in [3.05, 3.63) is 52.6 Å². The van der Waals surface area contributed by atoms with Gasteiger partial charge in [0.25, 0.3) is 5.91 Å². The third-order valence-electron chi connectivity index (χ3n) is 4.45. The number of phenolic OH excluding ortho intramolecular Hbond substituents is 2. The number of amides is 2. The van der Waals surface area contributed by atoms with Gasteiger partial charge in [0.1, 0.15) is 5.56 Å². The van der Waals surface area contributed by atoms with Crippen LogP contribution in [-0.2, 0) is 14.3 Å². The van der Waals surface area contributed by atoms with Gasteiger partial charge in [-0.05, 0) is 43.5 Å². The van der Waals surface area contributed by atoms with Crippen LogP contribution >= 0.6 is 0 Å². The van der Waals surface area contributed by atoms with Gasteiger partial charge >= 0.3 is 5.97 Å². The number of carbonyl (C=O) groups excluding carboxylic acids is 3. The number of likely N-dealkylation sites (N-methyl/N-ethyl adjacent to an activating group) is 1. The van der Waals surface area contributed by atoms with E-state index in [1.807, 2.05) is 32.0 Å². The number of hydrogen-bond donors (Lipinski definition) is 3. The predicted octanol–water partition coefficient (Wildman–Crippen LogP) is 2.28. The van der Waals surface area contributed by atoms with Gasteiger partial charge in [-0.2, -0.15) is 0 Å². The summed E-state index contributed by atoms with van der Waals surface area (Å²) in [6, 6.07) is 8.36. The highest BCUT2D eigenvalue weighted by Crippen LogP contribution is 2.32. The number of rotatable bonds is 6. The largest absolute Gasteiger partial charge is 0.504 e. The van der Waals surface area contributed by atoms with Crippen molar-refractivity contribution in [2.24, 2.45) is 0 Å². The van der Waals surface area contributed by atoms with Gasteiger partial charge in [-0.1, -0.05) is 24.3 Å². The summed E-state index contributed by atoms with van der Waals surface area (Å²) in [6.45, 7) is 4.47. The molecule has 0 bridgehead atoms. The summed E-state index contributed by atoms with van der Waals surface area (Å²) in [5.41, 5.74) is 2.64. The summed E-state index contributed by atoms with van der Waals surface area (Å²) in [5.74, 6) is -2.97. The lowest BCUT2D eigenvalue weighted by molar-refractivity contribution is -0.136. The molecule has 154 valence electrons. The maximum Gasteiger partial charge on any atom is 0.342 e. The first-order valence-electron chi connectivity index (χ1n) is 8.90. The lowest BCUT2D eigenvalue weighted by Crippen LogP contribution is -2.37. The van der Waals surface area contributed by atoms with Crippen molar-refractivity contribution < 1.29 is 29.3 Å². The zero-order valence-corrected chi connectivity index (χ0v) is 16.8. The zero-order chi connectivity index (χ0) is 21.7. The Kier molecular flexibility index (Phi) is 6.82. The molecular weight excluding hydrogens is 376 g/mol. The van der Waals surface area contributed by atoms with Crippen LogP contribution in [0.25, 0.3) is 0 Å². The Morgan fingerprint density at radius 2 is 1.59 bits per heavy atom. The minimum absolute atomic E-state index is 0.222. The van der Waals surface area contributed by atoms with Gasteiger partial charge in [-0.25, -0.2) is 4.79 Å². The molecule has 0 aliphatic heterocycles. The third-order valence-corrected chi connectivity index (χ3v) is 4.45. The Labute approximate surface area is 168 Å². The summed E-state index contributed by atoms with van der Waals surface area (Å²) in [6.07, 6.45) is 0. The summed E-state index contributed by atoms with van der Waals surface area (Å²) in [4.78, 5) is 37.6. The quantitative estimate of drug-likeness (QED) is 0.506. The van der Waals surface area contributed by atoms with Crippen molar-refractivity contribution in [1.82, 2.24) is 4.90 Å². The van der Waals surface area contributed by atoms with E-state index >= 15 is 0 Å². The molecule has 0 heterocycles.